The number of fused-ring (bicyclic) bond motifs is 8. The fraction of sp³-hybridized carbons (Fsp3) is 0. The van der Waals surface area contributed by atoms with Crippen LogP contribution in [0.4, 0.5) is 11.4 Å². The maximum Gasteiger partial charge on any atom is 0.159 e. The first-order chi connectivity index (χ1) is 21.3. The van der Waals surface area contributed by atoms with Gasteiger partial charge in [-0.05, 0) is 70.4 Å². The summed E-state index contributed by atoms with van der Waals surface area (Å²) in [6, 6.07) is 53.7. The molecule has 0 spiro atoms. The van der Waals surface area contributed by atoms with E-state index >= 15 is 0 Å². The number of anilines is 2. The molecular formula is C40H26N2O. The Morgan fingerprint density at radius 1 is 0.488 bits per heavy atom. The van der Waals surface area contributed by atoms with E-state index in [9.17, 15) is 0 Å². The molecule has 9 aromatic rings. The summed E-state index contributed by atoms with van der Waals surface area (Å²) in [6.07, 6.45) is 0. The number of furan rings is 1. The lowest BCUT2D eigenvalue weighted by Crippen LogP contribution is -1.94. The normalized spacial score (nSPS) is 11.7. The Morgan fingerprint density at radius 2 is 1.14 bits per heavy atom. The maximum absolute atomic E-state index is 6.40. The van der Waals surface area contributed by atoms with Crippen molar-refractivity contribution in [3.63, 3.8) is 0 Å². The van der Waals surface area contributed by atoms with Gasteiger partial charge in [-0.2, -0.15) is 0 Å². The van der Waals surface area contributed by atoms with Crippen molar-refractivity contribution in [1.29, 1.82) is 0 Å². The summed E-state index contributed by atoms with van der Waals surface area (Å²) in [6.45, 7) is 0. The summed E-state index contributed by atoms with van der Waals surface area (Å²) in [5.74, 6) is 0. The second kappa shape index (κ2) is 9.37. The molecule has 0 aliphatic carbocycles. The van der Waals surface area contributed by atoms with Gasteiger partial charge in [0.05, 0.1) is 16.7 Å². The Kier molecular flexibility index (Phi) is 5.20. The van der Waals surface area contributed by atoms with Crippen LogP contribution in [0.1, 0.15) is 0 Å². The van der Waals surface area contributed by atoms with Gasteiger partial charge in [-0.25, -0.2) is 0 Å². The minimum atomic E-state index is 0.878. The van der Waals surface area contributed by atoms with Gasteiger partial charge in [0.25, 0.3) is 0 Å². The summed E-state index contributed by atoms with van der Waals surface area (Å²) >= 11 is 0. The Hall–Kier alpha value is -5.80. The lowest BCUT2D eigenvalue weighted by Gasteiger charge is -2.12. The highest BCUT2D eigenvalue weighted by molar-refractivity contribution is 6.22. The average Bonchev–Trinajstić information content (AvgIpc) is 3.62. The van der Waals surface area contributed by atoms with Crippen molar-refractivity contribution in [3.05, 3.63) is 152 Å². The molecule has 0 fully saturated rings. The van der Waals surface area contributed by atoms with Gasteiger partial charge in [-0.3, -0.25) is 0 Å². The quantitative estimate of drug-likeness (QED) is 0.236. The summed E-state index contributed by atoms with van der Waals surface area (Å²) in [5.41, 5.74) is 9.68. The van der Waals surface area contributed by atoms with Crippen LogP contribution in [0.25, 0.3) is 71.3 Å². The maximum atomic E-state index is 6.40. The lowest BCUT2D eigenvalue weighted by atomic mass is 10.0. The SMILES string of the molecule is c1cc(-c2ccc(Nc3cc4ccccc4c4c3oc3ccccc34)cc2)cc(-n2c3ccccc3c3ccccc32)c1. The van der Waals surface area contributed by atoms with Crippen LogP contribution in [0.15, 0.2) is 156 Å². The first-order valence-corrected chi connectivity index (χ1v) is 14.6. The van der Waals surface area contributed by atoms with Crippen LogP contribution in [0.5, 0.6) is 0 Å². The molecule has 0 aliphatic rings. The van der Waals surface area contributed by atoms with E-state index in [1.807, 2.05) is 12.1 Å². The molecule has 9 rings (SSSR count). The van der Waals surface area contributed by atoms with Crippen molar-refractivity contribution in [2.75, 3.05) is 5.32 Å². The molecule has 0 saturated carbocycles. The van der Waals surface area contributed by atoms with E-state index in [2.05, 4.69) is 149 Å². The Bertz CT molecular complexity index is 2430. The molecule has 7 aromatic carbocycles. The van der Waals surface area contributed by atoms with E-state index in [0.717, 1.165) is 39.0 Å². The Labute approximate surface area is 248 Å². The molecule has 3 heteroatoms. The highest BCUT2D eigenvalue weighted by atomic mass is 16.3. The number of aromatic nitrogens is 1. The molecule has 1 N–H and O–H groups in total. The van der Waals surface area contributed by atoms with Gasteiger partial charge in [0.2, 0.25) is 0 Å². The van der Waals surface area contributed by atoms with Crippen molar-refractivity contribution in [2.45, 2.75) is 0 Å². The topological polar surface area (TPSA) is 30.1 Å². The van der Waals surface area contributed by atoms with Gasteiger partial charge < -0.3 is 14.3 Å². The molecule has 3 nitrogen and oxygen atoms in total. The third-order valence-electron chi connectivity index (χ3n) is 8.55. The van der Waals surface area contributed by atoms with E-state index < -0.39 is 0 Å². The molecule has 202 valence electrons. The standard InChI is InChI=1S/C40H26N2O/c1-2-13-31-28(10-1)25-35(40-39(31)34-16-5-8-19-38(34)43-40)41-29-22-20-26(21-23-29)27-11-9-12-30(24-27)42-36-17-6-3-14-32(36)33-15-4-7-18-37(33)42/h1-25,41H. The Morgan fingerprint density at radius 3 is 1.91 bits per heavy atom. The summed E-state index contributed by atoms with van der Waals surface area (Å²) < 4.78 is 8.77. The summed E-state index contributed by atoms with van der Waals surface area (Å²) in [7, 11) is 0. The monoisotopic (exact) mass is 550 g/mol. The van der Waals surface area contributed by atoms with E-state index in [1.54, 1.807) is 0 Å². The van der Waals surface area contributed by atoms with Crippen LogP contribution >= 0.6 is 0 Å². The molecule has 43 heavy (non-hydrogen) atoms. The third kappa shape index (κ3) is 3.75. The van der Waals surface area contributed by atoms with Crippen LogP contribution in [0, 0.1) is 0 Å². The van der Waals surface area contributed by atoms with E-state index in [0.29, 0.717) is 0 Å². The zero-order valence-corrected chi connectivity index (χ0v) is 23.3. The molecule has 0 amide bonds. The first kappa shape index (κ1) is 23.9. The van der Waals surface area contributed by atoms with Gasteiger partial charge in [-0.1, -0.05) is 103 Å². The van der Waals surface area contributed by atoms with Gasteiger partial charge >= 0.3 is 0 Å². The predicted octanol–water partition coefficient (Wildman–Crippen LogP) is 11.2. The molecule has 0 unspecified atom stereocenters. The van der Waals surface area contributed by atoms with Crippen LogP contribution in [0.2, 0.25) is 0 Å². The van der Waals surface area contributed by atoms with Crippen molar-refractivity contribution >= 4 is 65.9 Å². The van der Waals surface area contributed by atoms with Crippen molar-refractivity contribution in [3.8, 4) is 16.8 Å². The molecular weight excluding hydrogens is 524 g/mol. The second-order valence-electron chi connectivity index (χ2n) is 11.1. The van der Waals surface area contributed by atoms with Crippen LogP contribution in [0.3, 0.4) is 0 Å². The van der Waals surface area contributed by atoms with Crippen molar-refractivity contribution in [1.82, 2.24) is 4.57 Å². The largest absolute Gasteiger partial charge is 0.454 e. The zero-order valence-electron chi connectivity index (χ0n) is 23.3. The number of nitrogens with one attached hydrogen (secondary N) is 1. The molecule has 0 atom stereocenters. The van der Waals surface area contributed by atoms with E-state index in [4.69, 9.17) is 4.42 Å². The molecule has 0 radical (unpaired) electrons. The highest BCUT2D eigenvalue weighted by Gasteiger charge is 2.15. The van der Waals surface area contributed by atoms with Crippen LogP contribution < -0.4 is 5.32 Å². The average molecular weight is 551 g/mol. The van der Waals surface area contributed by atoms with Crippen molar-refractivity contribution < 1.29 is 4.42 Å². The second-order valence-corrected chi connectivity index (χ2v) is 11.1. The van der Waals surface area contributed by atoms with E-state index in [1.165, 1.54) is 43.7 Å². The first-order valence-electron chi connectivity index (χ1n) is 14.6. The van der Waals surface area contributed by atoms with Crippen LogP contribution in [-0.4, -0.2) is 4.57 Å². The molecule has 2 heterocycles. The minimum absolute atomic E-state index is 0.878. The van der Waals surface area contributed by atoms with Gasteiger partial charge in [0.1, 0.15) is 5.58 Å². The lowest BCUT2D eigenvalue weighted by molar-refractivity contribution is 0.670. The fourth-order valence-corrected chi connectivity index (χ4v) is 6.59. The van der Waals surface area contributed by atoms with Gasteiger partial charge in [0, 0.05) is 32.9 Å². The van der Waals surface area contributed by atoms with Gasteiger partial charge in [-0.15, -0.1) is 0 Å². The number of benzene rings is 7. The zero-order chi connectivity index (χ0) is 28.3. The predicted molar refractivity (Wildman–Crippen MR) is 181 cm³/mol. The van der Waals surface area contributed by atoms with E-state index in [-0.39, 0.29) is 0 Å². The third-order valence-corrected chi connectivity index (χ3v) is 8.55. The van der Waals surface area contributed by atoms with Crippen molar-refractivity contribution in [2.24, 2.45) is 0 Å². The number of rotatable bonds is 4. The Balaban J connectivity index is 1.10. The molecule has 2 aromatic heterocycles. The fourth-order valence-electron chi connectivity index (χ4n) is 6.59. The highest BCUT2D eigenvalue weighted by Crippen LogP contribution is 2.40. The minimum Gasteiger partial charge on any atom is -0.454 e. The number of hydrogen-bond acceptors (Lipinski definition) is 2. The summed E-state index contributed by atoms with van der Waals surface area (Å²) in [5, 5.41) is 10.9. The number of nitrogens with zero attached hydrogens (tertiary/aromatic N) is 1. The smallest absolute Gasteiger partial charge is 0.159 e. The number of hydrogen-bond donors (Lipinski definition) is 1. The number of para-hydroxylation sites is 3. The molecule has 0 aliphatic heterocycles. The molecule has 0 saturated heterocycles. The summed E-state index contributed by atoms with van der Waals surface area (Å²) in [4.78, 5) is 0. The van der Waals surface area contributed by atoms with Gasteiger partial charge in [0.15, 0.2) is 5.58 Å². The molecule has 0 bridgehead atoms. The van der Waals surface area contributed by atoms with Crippen LogP contribution in [-0.2, 0) is 0 Å².